The second-order valence-electron chi connectivity index (χ2n) is 4.32. The third-order valence-corrected chi connectivity index (χ3v) is 4.14. The van der Waals surface area contributed by atoms with E-state index in [0.29, 0.717) is 6.42 Å². The van der Waals surface area contributed by atoms with Gasteiger partial charge in [-0.25, -0.2) is 4.98 Å². The molecule has 6 heteroatoms. The van der Waals surface area contributed by atoms with Crippen molar-refractivity contribution in [2.24, 2.45) is 0 Å². The second-order valence-corrected chi connectivity index (χ2v) is 6.09. The van der Waals surface area contributed by atoms with Crippen molar-refractivity contribution in [2.75, 3.05) is 5.32 Å². The van der Waals surface area contributed by atoms with Gasteiger partial charge >= 0.3 is 5.97 Å². The summed E-state index contributed by atoms with van der Waals surface area (Å²) in [4.78, 5) is 14.9. The summed E-state index contributed by atoms with van der Waals surface area (Å²) in [5.41, 5.74) is 3.06. The highest BCUT2D eigenvalue weighted by Crippen LogP contribution is 2.27. The number of carbonyl (C=O) groups is 1. The molecule has 0 aliphatic heterocycles. The zero-order chi connectivity index (χ0) is 14.5. The lowest BCUT2D eigenvalue weighted by Gasteiger charge is -2.08. The summed E-state index contributed by atoms with van der Waals surface area (Å²) in [6, 6.07) is 6.09. The Bertz CT molecular complexity index is 613. The maximum absolute atomic E-state index is 10.5. The van der Waals surface area contributed by atoms with E-state index in [1.165, 1.54) is 16.9 Å². The number of hydrogen-bond donors (Lipinski definition) is 2. The zero-order valence-corrected chi connectivity index (χ0v) is 13.4. The van der Waals surface area contributed by atoms with Crippen LogP contribution in [0.15, 0.2) is 28.1 Å². The molecule has 0 saturated carbocycles. The van der Waals surface area contributed by atoms with Gasteiger partial charge in [0, 0.05) is 22.0 Å². The van der Waals surface area contributed by atoms with Crippen molar-refractivity contribution >= 4 is 44.1 Å². The number of nitrogens with zero attached hydrogens (tertiary/aromatic N) is 1. The monoisotopic (exact) mass is 354 g/mol. The highest BCUT2D eigenvalue weighted by Gasteiger charge is 2.07. The van der Waals surface area contributed by atoms with Gasteiger partial charge in [0.2, 0.25) is 0 Å². The number of carboxylic acids is 1. The molecule has 2 rings (SSSR count). The van der Waals surface area contributed by atoms with E-state index in [1.807, 2.05) is 17.5 Å². The van der Waals surface area contributed by atoms with Crippen molar-refractivity contribution < 1.29 is 9.90 Å². The SMILES string of the molecule is CCc1cc(Br)ccc1Nc1nc(CCC(=O)O)cs1. The summed E-state index contributed by atoms with van der Waals surface area (Å²) in [7, 11) is 0. The Morgan fingerprint density at radius 1 is 1.50 bits per heavy atom. The number of nitrogens with one attached hydrogen (secondary N) is 1. The summed E-state index contributed by atoms with van der Waals surface area (Å²) >= 11 is 4.96. The maximum atomic E-state index is 10.5. The molecule has 0 amide bonds. The molecule has 4 nitrogen and oxygen atoms in total. The summed E-state index contributed by atoms with van der Waals surface area (Å²) in [5, 5.41) is 14.7. The van der Waals surface area contributed by atoms with Crippen LogP contribution < -0.4 is 5.32 Å². The fraction of sp³-hybridized carbons (Fsp3) is 0.286. The van der Waals surface area contributed by atoms with Gasteiger partial charge in [-0.1, -0.05) is 22.9 Å². The summed E-state index contributed by atoms with van der Waals surface area (Å²) in [6.45, 7) is 2.10. The average Bonchev–Trinajstić information content (AvgIpc) is 2.86. The smallest absolute Gasteiger partial charge is 0.303 e. The molecule has 0 atom stereocenters. The lowest BCUT2D eigenvalue weighted by Crippen LogP contribution is -1.98. The van der Waals surface area contributed by atoms with Crippen LogP contribution >= 0.6 is 27.3 Å². The predicted molar refractivity (Wildman–Crippen MR) is 84.9 cm³/mol. The van der Waals surface area contributed by atoms with Gasteiger partial charge in [-0.05, 0) is 30.2 Å². The Labute approximate surface area is 130 Å². The minimum Gasteiger partial charge on any atom is -0.481 e. The number of benzene rings is 1. The fourth-order valence-corrected chi connectivity index (χ4v) is 2.97. The van der Waals surface area contributed by atoms with Crippen molar-refractivity contribution in [1.29, 1.82) is 0 Å². The third kappa shape index (κ3) is 4.05. The molecular weight excluding hydrogens is 340 g/mol. The van der Waals surface area contributed by atoms with Crippen LogP contribution in [0, 0.1) is 0 Å². The summed E-state index contributed by atoms with van der Waals surface area (Å²) in [6.07, 6.45) is 1.51. The number of thiazole rings is 1. The molecule has 0 aliphatic rings. The van der Waals surface area contributed by atoms with Gasteiger partial charge in [-0.3, -0.25) is 4.79 Å². The van der Waals surface area contributed by atoms with E-state index in [0.717, 1.165) is 27.4 Å². The number of rotatable bonds is 6. The molecule has 20 heavy (non-hydrogen) atoms. The maximum Gasteiger partial charge on any atom is 0.303 e. The minimum absolute atomic E-state index is 0.113. The normalized spacial score (nSPS) is 10.5. The van der Waals surface area contributed by atoms with Crippen molar-refractivity contribution in [3.63, 3.8) is 0 Å². The molecule has 1 aromatic carbocycles. The van der Waals surface area contributed by atoms with Gasteiger partial charge in [0.25, 0.3) is 0 Å². The lowest BCUT2D eigenvalue weighted by atomic mass is 10.1. The van der Waals surface area contributed by atoms with Gasteiger partial charge in [-0.15, -0.1) is 11.3 Å². The molecular formula is C14H15BrN2O2S. The Balaban J connectivity index is 2.08. The van der Waals surface area contributed by atoms with Crippen molar-refractivity contribution in [3.8, 4) is 0 Å². The lowest BCUT2D eigenvalue weighted by molar-refractivity contribution is -0.136. The quantitative estimate of drug-likeness (QED) is 0.814. The van der Waals surface area contributed by atoms with E-state index >= 15 is 0 Å². The van der Waals surface area contributed by atoms with Crippen LogP contribution in [0.25, 0.3) is 0 Å². The van der Waals surface area contributed by atoms with Crippen LogP contribution in [0.3, 0.4) is 0 Å². The third-order valence-electron chi connectivity index (χ3n) is 2.84. The minimum atomic E-state index is -0.798. The van der Waals surface area contributed by atoms with Crippen LogP contribution in [0.5, 0.6) is 0 Å². The van der Waals surface area contributed by atoms with Gasteiger partial charge in [0.05, 0.1) is 12.1 Å². The number of aromatic nitrogens is 1. The van der Waals surface area contributed by atoms with E-state index in [-0.39, 0.29) is 6.42 Å². The average molecular weight is 355 g/mol. The number of aryl methyl sites for hydroxylation is 2. The molecule has 106 valence electrons. The molecule has 1 aromatic heterocycles. The first-order chi connectivity index (χ1) is 9.58. The Morgan fingerprint density at radius 2 is 2.30 bits per heavy atom. The molecule has 0 bridgehead atoms. The standard InChI is InChI=1S/C14H15BrN2O2S/c1-2-9-7-10(15)3-5-12(9)17-14-16-11(8-20-14)4-6-13(18)19/h3,5,7-8H,2,4,6H2,1H3,(H,16,17)(H,18,19). The number of aliphatic carboxylic acids is 1. The molecule has 1 heterocycles. The fourth-order valence-electron chi connectivity index (χ4n) is 1.81. The van der Waals surface area contributed by atoms with Crippen LogP contribution in [0.1, 0.15) is 24.6 Å². The molecule has 2 N–H and O–H groups in total. The van der Waals surface area contributed by atoms with Crippen molar-refractivity contribution in [3.05, 3.63) is 39.3 Å². The van der Waals surface area contributed by atoms with E-state index in [4.69, 9.17) is 5.11 Å². The second kappa shape index (κ2) is 6.85. The van der Waals surface area contributed by atoms with E-state index in [2.05, 4.69) is 39.2 Å². The first-order valence-electron chi connectivity index (χ1n) is 6.30. The molecule has 2 aromatic rings. The molecule has 0 saturated heterocycles. The van der Waals surface area contributed by atoms with Gasteiger partial charge in [0.1, 0.15) is 0 Å². The van der Waals surface area contributed by atoms with Crippen molar-refractivity contribution in [1.82, 2.24) is 4.98 Å². The number of hydrogen-bond acceptors (Lipinski definition) is 4. The van der Waals surface area contributed by atoms with Gasteiger partial charge < -0.3 is 10.4 Å². The molecule has 0 unspecified atom stereocenters. The Hall–Kier alpha value is -1.40. The predicted octanol–water partition coefficient (Wildman–Crippen LogP) is 4.23. The molecule has 0 spiro atoms. The molecule has 0 fully saturated rings. The molecule has 0 aliphatic carbocycles. The van der Waals surface area contributed by atoms with E-state index in [9.17, 15) is 4.79 Å². The number of carboxylic acid groups (broad SMARTS) is 1. The van der Waals surface area contributed by atoms with E-state index in [1.54, 1.807) is 0 Å². The van der Waals surface area contributed by atoms with Crippen molar-refractivity contribution in [2.45, 2.75) is 26.2 Å². The molecule has 0 radical (unpaired) electrons. The number of halogens is 1. The van der Waals surface area contributed by atoms with Gasteiger partial charge in [0.15, 0.2) is 5.13 Å². The zero-order valence-electron chi connectivity index (χ0n) is 11.0. The summed E-state index contributed by atoms with van der Waals surface area (Å²) < 4.78 is 1.06. The highest BCUT2D eigenvalue weighted by atomic mass is 79.9. The van der Waals surface area contributed by atoms with E-state index < -0.39 is 5.97 Å². The summed E-state index contributed by atoms with van der Waals surface area (Å²) in [5.74, 6) is -0.798. The first kappa shape index (κ1) is 15.0. The van der Waals surface area contributed by atoms with Crippen LogP contribution in [0.4, 0.5) is 10.8 Å². The van der Waals surface area contributed by atoms with Crippen LogP contribution in [-0.2, 0) is 17.6 Å². The Kier molecular flexibility index (Phi) is 5.14. The Morgan fingerprint density at radius 3 is 3.00 bits per heavy atom. The first-order valence-corrected chi connectivity index (χ1v) is 7.97. The van der Waals surface area contributed by atoms with Crippen LogP contribution in [0.2, 0.25) is 0 Å². The topological polar surface area (TPSA) is 62.2 Å². The van der Waals surface area contributed by atoms with Crippen LogP contribution in [-0.4, -0.2) is 16.1 Å². The largest absolute Gasteiger partial charge is 0.481 e. The van der Waals surface area contributed by atoms with Gasteiger partial charge in [-0.2, -0.15) is 0 Å². The highest BCUT2D eigenvalue weighted by molar-refractivity contribution is 9.10. The number of anilines is 2.